The molecule has 0 amide bonds. The lowest BCUT2D eigenvalue weighted by atomic mass is 10.1. The van der Waals surface area contributed by atoms with Crippen molar-refractivity contribution in [3.8, 4) is 0 Å². The smallest absolute Gasteiger partial charge is 0.130 e. The maximum absolute atomic E-state index is 14.1. The highest BCUT2D eigenvalue weighted by molar-refractivity contribution is 6.23. The number of anilines is 1. The Bertz CT molecular complexity index is 699. The number of nitrogens with zero attached hydrogens (tertiary/aromatic N) is 3. The zero-order valence-corrected chi connectivity index (χ0v) is 15.7. The monoisotopic (exact) mass is 377 g/mol. The van der Waals surface area contributed by atoms with Crippen LogP contribution in [0.2, 0.25) is 0 Å². The van der Waals surface area contributed by atoms with Gasteiger partial charge in [0.15, 0.2) is 0 Å². The Balaban J connectivity index is 1.64. The van der Waals surface area contributed by atoms with E-state index < -0.39 is 6.17 Å². The molecule has 1 saturated heterocycles. The molecule has 1 fully saturated rings. The summed E-state index contributed by atoms with van der Waals surface area (Å²) in [6, 6.07) is 1.96. The first-order chi connectivity index (χ1) is 12.6. The van der Waals surface area contributed by atoms with Crippen molar-refractivity contribution in [2.24, 2.45) is 0 Å². The molecule has 0 spiro atoms. The fraction of sp³-hybridized carbons (Fsp3) is 0.474. The first-order valence-electron chi connectivity index (χ1n) is 8.94. The van der Waals surface area contributed by atoms with Crippen LogP contribution in [0.1, 0.15) is 24.1 Å². The molecule has 0 radical (unpaired) electrons. The lowest BCUT2D eigenvalue weighted by Crippen LogP contribution is -2.33. The molecule has 140 valence electrons. The van der Waals surface area contributed by atoms with Gasteiger partial charge in [-0.25, -0.2) is 4.39 Å². The Kier molecular flexibility index (Phi) is 6.27. The molecule has 7 heteroatoms. The van der Waals surface area contributed by atoms with E-state index in [4.69, 9.17) is 17.0 Å². The molecule has 0 bridgehead atoms. The molecule has 2 atom stereocenters. The lowest BCUT2D eigenvalue weighted by Gasteiger charge is -2.28. The minimum atomic E-state index is -0.925. The van der Waals surface area contributed by atoms with E-state index in [0.29, 0.717) is 12.1 Å². The van der Waals surface area contributed by atoms with Gasteiger partial charge in [-0.3, -0.25) is 4.98 Å². The number of allylic oxidation sites excluding steroid dienone is 1. The summed E-state index contributed by atoms with van der Waals surface area (Å²) in [4.78, 5) is 8.53. The SMILES string of the molecule is CN1c2cc(/C(C=N)=C/NCC(F)CN3CCCC3)cnc2C=CC1Cl. The quantitative estimate of drug-likeness (QED) is 0.435. The third kappa shape index (κ3) is 4.43. The predicted octanol–water partition coefficient (Wildman–Crippen LogP) is 3.12. The molecule has 5 nitrogen and oxygen atoms in total. The molecule has 0 aromatic carbocycles. The van der Waals surface area contributed by atoms with Crippen LogP contribution in [0, 0.1) is 5.41 Å². The molecular weight excluding hydrogens is 353 g/mol. The molecule has 0 saturated carbocycles. The van der Waals surface area contributed by atoms with Crippen molar-refractivity contribution in [3.63, 3.8) is 0 Å². The van der Waals surface area contributed by atoms with Crippen LogP contribution in [-0.4, -0.2) is 61.0 Å². The summed E-state index contributed by atoms with van der Waals surface area (Å²) in [6.45, 7) is 2.69. The van der Waals surface area contributed by atoms with E-state index in [9.17, 15) is 4.39 Å². The van der Waals surface area contributed by atoms with Gasteiger partial charge >= 0.3 is 0 Å². The summed E-state index contributed by atoms with van der Waals surface area (Å²) >= 11 is 6.24. The van der Waals surface area contributed by atoms with Gasteiger partial charge in [-0.15, -0.1) is 0 Å². The number of fused-ring (bicyclic) bond motifs is 1. The summed E-state index contributed by atoms with van der Waals surface area (Å²) in [6.07, 6.45) is 9.84. The number of likely N-dealkylation sites (N-methyl/N-ethyl adjacent to an activating group) is 1. The zero-order valence-electron chi connectivity index (χ0n) is 15.0. The third-order valence-corrected chi connectivity index (χ3v) is 5.24. The van der Waals surface area contributed by atoms with Gasteiger partial charge in [0.25, 0.3) is 0 Å². The summed E-state index contributed by atoms with van der Waals surface area (Å²) < 4.78 is 14.1. The average molecular weight is 378 g/mol. The number of halogens is 2. The van der Waals surface area contributed by atoms with Crippen LogP contribution >= 0.6 is 11.6 Å². The number of hydrogen-bond donors (Lipinski definition) is 2. The molecular formula is C19H25ClFN5. The number of alkyl halides is 2. The van der Waals surface area contributed by atoms with Gasteiger partial charge in [-0.05, 0) is 44.1 Å². The summed E-state index contributed by atoms with van der Waals surface area (Å²) in [7, 11) is 1.91. The molecule has 2 aliphatic rings. The minimum absolute atomic E-state index is 0.219. The van der Waals surface area contributed by atoms with Crippen molar-refractivity contribution in [3.05, 3.63) is 35.8 Å². The topological polar surface area (TPSA) is 55.3 Å². The molecule has 2 N–H and O–H groups in total. The van der Waals surface area contributed by atoms with Crippen LogP contribution in [0.25, 0.3) is 11.6 Å². The Morgan fingerprint density at radius 1 is 1.50 bits per heavy atom. The molecule has 0 aliphatic carbocycles. The molecule has 1 aromatic heterocycles. The highest BCUT2D eigenvalue weighted by atomic mass is 35.5. The Labute approximate surface area is 159 Å². The Morgan fingerprint density at radius 2 is 2.27 bits per heavy atom. The highest BCUT2D eigenvalue weighted by Crippen LogP contribution is 2.29. The number of nitrogens with one attached hydrogen (secondary N) is 2. The van der Waals surface area contributed by atoms with Gasteiger partial charge in [0.2, 0.25) is 0 Å². The van der Waals surface area contributed by atoms with Crippen molar-refractivity contribution in [1.82, 2.24) is 15.2 Å². The first kappa shape index (κ1) is 18.9. The fourth-order valence-corrected chi connectivity index (χ4v) is 3.46. The van der Waals surface area contributed by atoms with E-state index >= 15 is 0 Å². The second-order valence-corrected chi connectivity index (χ2v) is 7.18. The van der Waals surface area contributed by atoms with Crippen LogP contribution in [0.15, 0.2) is 24.5 Å². The van der Waals surface area contributed by atoms with Crippen molar-refractivity contribution in [2.75, 3.05) is 38.1 Å². The molecule has 3 rings (SSSR count). The number of rotatable bonds is 7. The van der Waals surface area contributed by atoms with Crippen LogP contribution in [0.3, 0.4) is 0 Å². The second-order valence-electron chi connectivity index (χ2n) is 6.73. The van der Waals surface area contributed by atoms with E-state index in [2.05, 4.69) is 15.2 Å². The second kappa shape index (κ2) is 8.64. The lowest BCUT2D eigenvalue weighted by molar-refractivity contribution is 0.220. The molecule has 2 aliphatic heterocycles. The van der Waals surface area contributed by atoms with E-state index in [-0.39, 0.29) is 12.0 Å². The zero-order chi connectivity index (χ0) is 18.5. The summed E-state index contributed by atoms with van der Waals surface area (Å²) in [5.74, 6) is 0. The molecule has 1 aromatic rings. The van der Waals surface area contributed by atoms with E-state index in [1.807, 2.05) is 30.2 Å². The van der Waals surface area contributed by atoms with Crippen molar-refractivity contribution in [2.45, 2.75) is 24.5 Å². The minimum Gasteiger partial charge on any atom is -0.387 e. The van der Waals surface area contributed by atoms with Gasteiger partial charge in [-0.2, -0.15) is 0 Å². The number of pyridine rings is 1. The Hall–Kier alpha value is -1.92. The van der Waals surface area contributed by atoms with E-state index in [0.717, 1.165) is 42.9 Å². The van der Waals surface area contributed by atoms with Crippen LogP contribution in [0.5, 0.6) is 0 Å². The predicted molar refractivity (Wildman–Crippen MR) is 107 cm³/mol. The number of likely N-dealkylation sites (tertiary alicyclic amines) is 1. The summed E-state index contributed by atoms with van der Waals surface area (Å²) in [5, 5.41) is 10.7. The van der Waals surface area contributed by atoms with Gasteiger partial charge in [0, 0.05) is 49.9 Å². The number of aromatic nitrogens is 1. The van der Waals surface area contributed by atoms with Gasteiger partial charge in [0.1, 0.15) is 11.7 Å². The fourth-order valence-electron chi connectivity index (χ4n) is 3.28. The van der Waals surface area contributed by atoms with Crippen molar-refractivity contribution < 1.29 is 4.39 Å². The largest absolute Gasteiger partial charge is 0.387 e. The van der Waals surface area contributed by atoms with E-state index in [1.54, 1.807) is 12.4 Å². The maximum atomic E-state index is 14.1. The standard InChI is InChI=1S/C19H25ClFN5/c1-25-18-8-14(11-24-17(18)4-5-19(25)20)15(9-22)10-23-12-16(21)13-26-6-2-3-7-26/h4-5,8-11,16,19,22-23H,2-3,6-7,12-13H2,1H3/b15-10+,22-9?. The average Bonchev–Trinajstić information content (AvgIpc) is 3.15. The van der Waals surface area contributed by atoms with Crippen LogP contribution in [0.4, 0.5) is 10.1 Å². The van der Waals surface area contributed by atoms with Crippen LogP contribution in [-0.2, 0) is 0 Å². The first-order valence-corrected chi connectivity index (χ1v) is 9.38. The highest BCUT2D eigenvalue weighted by Gasteiger charge is 2.19. The molecule has 3 heterocycles. The van der Waals surface area contributed by atoms with Gasteiger partial charge < -0.3 is 20.5 Å². The summed E-state index contributed by atoms with van der Waals surface area (Å²) in [5.41, 5.74) is 2.99. The van der Waals surface area contributed by atoms with Gasteiger partial charge in [0.05, 0.1) is 11.4 Å². The van der Waals surface area contributed by atoms with E-state index in [1.165, 1.54) is 6.21 Å². The third-order valence-electron chi connectivity index (χ3n) is 4.80. The molecule has 2 unspecified atom stereocenters. The van der Waals surface area contributed by atoms with Crippen LogP contribution < -0.4 is 10.2 Å². The molecule has 26 heavy (non-hydrogen) atoms. The Morgan fingerprint density at radius 3 is 3.00 bits per heavy atom. The normalized spacial score (nSPS) is 21.6. The van der Waals surface area contributed by atoms with Gasteiger partial charge in [-0.1, -0.05) is 11.6 Å². The van der Waals surface area contributed by atoms with Crippen molar-refractivity contribution >= 4 is 35.2 Å². The maximum Gasteiger partial charge on any atom is 0.130 e. The number of hydrogen-bond acceptors (Lipinski definition) is 5. The van der Waals surface area contributed by atoms with Crippen molar-refractivity contribution in [1.29, 1.82) is 5.41 Å².